The smallest absolute Gasteiger partial charge is 0.326 e. The maximum absolute atomic E-state index is 12.9. The monoisotopic (exact) mass is 441 g/mol. The Bertz CT molecular complexity index is 985. The Hall–Kier alpha value is -2.64. The molecule has 0 bridgehead atoms. The number of aliphatic carboxylic acids is 1. The predicted octanol–water partition coefficient (Wildman–Crippen LogP) is 5.21. The molecule has 0 spiro atoms. The van der Waals surface area contributed by atoms with Crippen LogP contribution in [-0.2, 0) is 9.59 Å². The van der Waals surface area contributed by atoms with E-state index < -0.39 is 12.0 Å². The highest BCUT2D eigenvalue weighted by molar-refractivity contribution is 8.26. The molecule has 1 heterocycles. The number of methoxy groups -OCH3 is 1. The molecule has 1 atom stereocenters. The number of carboxylic acid groups (broad SMARTS) is 1. The van der Waals surface area contributed by atoms with Crippen LogP contribution in [0.25, 0.3) is 17.2 Å². The molecule has 0 unspecified atom stereocenters. The molecular weight excluding hydrogens is 418 g/mol. The molecule has 5 nitrogen and oxygen atoms in total. The van der Waals surface area contributed by atoms with E-state index in [9.17, 15) is 14.7 Å². The highest BCUT2D eigenvalue weighted by Gasteiger charge is 2.40. The van der Waals surface area contributed by atoms with Gasteiger partial charge in [-0.15, -0.1) is 0 Å². The zero-order valence-electron chi connectivity index (χ0n) is 16.8. The molecule has 156 valence electrons. The van der Waals surface area contributed by atoms with Crippen LogP contribution in [0.15, 0.2) is 53.4 Å². The van der Waals surface area contributed by atoms with Crippen LogP contribution in [0.2, 0.25) is 0 Å². The van der Waals surface area contributed by atoms with Crippen molar-refractivity contribution in [2.24, 2.45) is 0 Å². The highest BCUT2D eigenvalue weighted by atomic mass is 32.2. The number of thiocarbonyl (C=S) groups is 1. The van der Waals surface area contributed by atoms with Crippen LogP contribution in [0.4, 0.5) is 0 Å². The summed E-state index contributed by atoms with van der Waals surface area (Å²) in [7, 11) is 1.63. The van der Waals surface area contributed by atoms with Crippen molar-refractivity contribution >= 4 is 46.3 Å². The van der Waals surface area contributed by atoms with Crippen molar-refractivity contribution in [1.82, 2.24) is 4.90 Å². The maximum Gasteiger partial charge on any atom is 0.326 e. The number of amides is 1. The Labute approximate surface area is 185 Å². The van der Waals surface area contributed by atoms with E-state index in [-0.39, 0.29) is 5.91 Å². The maximum atomic E-state index is 12.9. The lowest BCUT2D eigenvalue weighted by molar-refractivity contribution is -0.145. The Kier molecular flexibility index (Phi) is 7.29. The second kappa shape index (κ2) is 9.91. The summed E-state index contributed by atoms with van der Waals surface area (Å²) in [6, 6.07) is 14.7. The summed E-state index contributed by atoms with van der Waals surface area (Å²) in [6.07, 6.45) is 3.72. The Morgan fingerprint density at radius 3 is 2.60 bits per heavy atom. The van der Waals surface area contributed by atoms with Crippen LogP contribution < -0.4 is 4.74 Å². The van der Waals surface area contributed by atoms with Crippen molar-refractivity contribution in [3.8, 4) is 16.9 Å². The molecule has 2 aromatic rings. The molecule has 0 aliphatic carbocycles. The van der Waals surface area contributed by atoms with Gasteiger partial charge in [-0.25, -0.2) is 4.79 Å². The predicted molar refractivity (Wildman–Crippen MR) is 124 cm³/mol. The van der Waals surface area contributed by atoms with Crippen LogP contribution in [0.1, 0.15) is 31.7 Å². The third-order valence-electron chi connectivity index (χ3n) is 4.86. The van der Waals surface area contributed by atoms with Crippen molar-refractivity contribution in [3.63, 3.8) is 0 Å². The number of rotatable bonds is 8. The number of carbonyl (C=O) groups excluding carboxylic acids is 1. The Morgan fingerprint density at radius 2 is 1.97 bits per heavy atom. The van der Waals surface area contributed by atoms with E-state index in [1.807, 2.05) is 55.5 Å². The van der Waals surface area contributed by atoms with Crippen LogP contribution in [0, 0.1) is 0 Å². The molecule has 2 aromatic carbocycles. The van der Waals surface area contributed by atoms with Gasteiger partial charge in [-0.05, 0) is 41.3 Å². The molecule has 1 aliphatic heterocycles. The van der Waals surface area contributed by atoms with Gasteiger partial charge < -0.3 is 9.84 Å². The number of unbranched alkanes of at least 4 members (excludes halogenated alkanes) is 1. The summed E-state index contributed by atoms with van der Waals surface area (Å²) in [5, 5.41) is 9.56. The zero-order chi connectivity index (χ0) is 21.7. The van der Waals surface area contributed by atoms with Crippen LogP contribution in [-0.4, -0.2) is 39.4 Å². The van der Waals surface area contributed by atoms with E-state index in [1.165, 1.54) is 4.90 Å². The normalized spacial score (nSPS) is 16.2. The molecule has 0 radical (unpaired) electrons. The lowest BCUT2D eigenvalue weighted by Crippen LogP contribution is -2.43. The average molecular weight is 442 g/mol. The zero-order valence-corrected chi connectivity index (χ0v) is 18.5. The number of hydrogen-bond donors (Lipinski definition) is 1. The first-order valence-corrected chi connectivity index (χ1v) is 10.9. The van der Waals surface area contributed by atoms with Crippen LogP contribution in [0.5, 0.6) is 5.75 Å². The minimum atomic E-state index is -1.02. The lowest BCUT2D eigenvalue weighted by atomic mass is 10.0. The number of nitrogens with zero attached hydrogens (tertiary/aromatic N) is 1. The van der Waals surface area contributed by atoms with Crippen LogP contribution in [0.3, 0.4) is 0 Å². The summed E-state index contributed by atoms with van der Waals surface area (Å²) < 4.78 is 5.57. The van der Waals surface area contributed by atoms with E-state index in [0.717, 1.165) is 47.0 Å². The average Bonchev–Trinajstić information content (AvgIpc) is 3.02. The van der Waals surface area contributed by atoms with Gasteiger partial charge in [0.05, 0.1) is 12.0 Å². The molecular formula is C23H23NO4S2. The van der Waals surface area contributed by atoms with Gasteiger partial charge in [-0.2, -0.15) is 0 Å². The number of carbonyl (C=O) groups is 2. The molecule has 0 saturated carbocycles. The van der Waals surface area contributed by atoms with Crippen molar-refractivity contribution < 1.29 is 19.4 Å². The minimum Gasteiger partial charge on any atom is -0.497 e. The van der Waals surface area contributed by atoms with Gasteiger partial charge in [0.1, 0.15) is 16.1 Å². The molecule has 3 rings (SSSR count). The van der Waals surface area contributed by atoms with E-state index in [1.54, 1.807) is 13.2 Å². The second-order valence-electron chi connectivity index (χ2n) is 6.90. The molecule has 0 aromatic heterocycles. The highest BCUT2D eigenvalue weighted by Crippen LogP contribution is 2.35. The van der Waals surface area contributed by atoms with Gasteiger partial charge in [-0.1, -0.05) is 80.1 Å². The van der Waals surface area contributed by atoms with E-state index in [0.29, 0.717) is 15.6 Å². The Morgan fingerprint density at radius 1 is 1.23 bits per heavy atom. The Balaban J connectivity index is 1.80. The largest absolute Gasteiger partial charge is 0.497 e. The molecule has 7 heteroatoms. The summed E-state index contributed by atoms with van der Waals surface area (Å²) in [6.45, 7) is 1.98. The first kappa shape index (κ1) is 22.1. The van der Waals surface area contributed by atoms with Crippen molar-refractivity contribution in [2.75, 3.05) is 7.11 Å². The van der Waals surface area contributed by atoms with E-state index in [2.05, 4.69) is 0 Å². The van der Waals surface area contributed by atoms with Gasteiger partial charge in [0.15, 0.2) is 0 Å². The summed E-state index contributed by atoms with van der Waals surface area (Å²) >= 11 is 6.47. The lowest BCUT2D eigenvalue weighted by Gasteiger charge is -2.22. The minimum absolute atomic E-state index is 0.294. The van der Waals surface area contributed by atoms with Crippen molar-refractivity contribution in [3.05, 3.63) is 59.0 Å². The quantitative estimate of drug-likeness (QED) is 0.448. The van der Waals surface area contributed by atoms with Crippen LogP contribution >= 0.6 is 24.0 Å². The fourth-order valence-electron chi connectivity index (χ4n) is 3.23. The number of benzene rings is 2. The van der Waals surface area contributed by atoms with Gasteiger partial charge in [0.2, 0.25) is 0 Å². The summed E-state index contributed by atoms with van der Waals surface area (Å²) in [5.74, 6) is -0.578. The summed E-state index contributed by atoms with van der Waals surface area (Å²) in [4.78, 5) is 26.2. The third kappa shape index (κ3) is 4.91. The fourth-order valence-corrected chi connectivity index (χ4v) is 4.59. The number of carboxylic acids is 1. The molecule has 1 fully saturated rings. The number of thioether (sulfide) groups is 1. The van der Waals surface area contributed by atoms with Gasteiger partial charge in [-0.3, -0.25) is 9.69 Å². The number of ether oxygens (including phenoxy) is 1. The topological polar surface area (TPSA) is 66.8 Å². The summed E-state index contributed by atoms with van der Waals surface area (Å²) in [5.41, 5.74) is 2.92. The molecule has 1 amide bonds. The standard InChI is InChI=1S/C23H23NO4S2/c1-3-4-8-19(22(26)27)24-21(25)20(30-23(24)29)13-15-9-11-16(12-10-15)17-6-5-7-18(14-17)28-2/h5-7,9-14,19H,3-4,8H2,1-2H3,(H,26,27)/b20-13-/t19-/m0/s1. The first-order valence-electron chi connectivity index (χ1n) is 9.69. The van der Waals surface area contributed by atoms with E-state index >= 15 is 0 Å². The molecule has 1 N–H and O–H groups in total. The van der Waals surface area contributed by atoms with E-state index in [4.69, 9.17) is 17.0 Å². The van der Waals surface area contributed by atoms with Gasteiger partial charge >= 0.3 is 5.97 Å². The van der Waals surface area contributed by atoms with Crippen molar-refractivity contribution in [1.29, 1.82) is 0 Å². The van der Waals surface area contributed by atoms with Gasteiger partial charge in [0, 0.05) is 0 Å². The molecule has 1 saturated heterocycles. The van der Waals surface area contributed by atoms with Crippen molar-refractivity contribution in [2.45, 2.75) is 32.2 Å². The second-order valence-corrected chi connectivity index (χ2v) is 8.58. The molecule has 30 heavy (non-hydrogen) atoms. The first-order chi connectivity index (χ1) is 14.4. The number of hydrogen-bond acceptors (Lipinski definition) is 5. The molecule has 1 aliphatic rings. The third-order valence-corrected chi connectivity index (χ3v) is 6.19. The fraction of sp³-hybridized carbons (Fsp3) is 0.261. The SMILES string of the molecule is CCCC[C@@H](C(=O)O)N1C(=O)/C(=C/c2ccc(-c3cccc(OC)c3)cc2)SC1=S. The van der Waals surface area contributed by atoms with Gasteiger partial charge in [0.25, 0.3) is 5.91 Å².